The molecule has 0 unspecified atom stereocenters. The Morgan fingerprint density at radius 1 is 1.03 bits per heavy atom. The summed E-state index contributed by atoms with van der Waals surface area (Å²) in [7, 11) is 4.18. The van der Waals surface area contributed by atoms with Crippen LogP contribution in [-0.2, 0) is 0 Å². The van der Waals surface area contributed by atoms with E-state index < -0.39 is 6.09 Å². The summed E-state index contributed by atoms with van der Waals surface area (Å²) < 4.78 is 11.4. The molecule has 1 N–H and O–H groups in total. The molecule has 34 heavy (non-hydrogen) atoms. The van der Waals surface area contributed by atoms with Crippen LogP contribution in [0, 0.1) is 0 Å². The van der Waals surface area contributed by atoms with Crippen LogP contribution in [0.4, 0.5) is 16.5 Å². The summed E-state index contributed by atoms with van der Waals surface area (Å²) in [5.74, 6) is 0.474. The van der Waals surface area contributed by atoms with Crippen LogP contribution in [0.15, 0.2) is 77.2 Å². The van der Waals surface area contributed by atoms with E-state index in [4.69, 9.17) is 9.15 Å². The van der Waals surface area contributed by atoms with E-state index in [1.165, 1.54) is 0 Å². The standard InChI is InChI=1S/C27H28N4O3/c1-30-16-14-22(15-17-30)31(2)26-29-24-18-21(10-13-25(24)34-26)28-27(32)33-23-11-8-20(9-12-23)19-6-4-3-5-7-19/h3-13,18,22H,14-17H2,1-2H3,(H,28,32). The van der Waals surface area contributed by atoms with E-state index in [0.29, 0.717) is 34.6 Å². The van der Waals surface area contributed by atoms with Gasteiger partial charge in [-0.05, 0) is 74.4 Å². The molecular weight excluding hydrogens is 428 g/mol. The van der Waals surface area contributed by atoms with Crippen molar-refractivity contribution in [1.29, 1.82) is 0 Å². The van der Waals surface area contributed by atoms with E-state index in [1.54, 1.807) is 24.3 Å². The van der Waals surface area contributed by atoms with Crippen LogP contribution in [0.2, 0.25) is 0 Å². The number of ether oxygens (including phenoxy) is 1. The number of piperidine rings is 1. The Hall–Kier alpha value is -3.84. The van der Waals surface area contributed by atoms with Crippen molar-refractivity contribution >= 4 is 28.9 Å². The summed E-state index contributed by atoms with van der Waals surface area (Å²) in [5, 5.41) is 2.77. The van der Waals surface area contributed by atoms with Crippen LogP contribution in [-0.4, -0.2) is 49.2 Å². The lowest BCUT2D eigenvalue weighted by Crippen LogP contribution is -2.42. The zero-order chi connectivity index (χ0) is 23.5. The lowest BCUT2D eigenvalue weighted by molar-refractivity contribution is 0.215. The number of likely N-dealkylation sites (tertiary alicyclic amines) is 1. The van der Waals surface area contributed by atoms with E-state index in [9.17, 15) is 4.79 Å². The maximum absolute atomic E-state index is 12.4. The molecule has 0 radical (unpaired) electrons. The molecule has 3 aromatic carbocycles. The number of carbonyl (C=O) groups excluding carboxylic acids is 1. The van der Waals surface area contributed by atoms with Crippen molar-refractivity contribution < 1.29 is 13.9 Å². The van der Waals surface area contributed by atoms with Gasteiger partial charge < -0.3 is 19.0 Å². The second-order valence-electron chi connectivity index (χ2n) is 8.73. The number of amides is 1. The quantitative estimate of drug-likeness (QED) is 0.419. The van der Waals surface area contributed by atoms with Gasteiger partial charge in [0, 0.05) is 18.8 Å². The lowest BCUT2D eigenvalue weighted by atomic mass is 10.0. The lowest BCUT2D eigenvalue weighted by Gasteiger charge is -2.34. The van der Waals surface area contributed by atoms with E-state index in [0.717, 1.165) is 37.1 Å². The van der Waals surface area contributed by atoms with Crippen LogP contribution >= 0.6 is 0 Å². The first kappa shape index (κ1) is 22.0. The number of carbonyl (C=O) groups is 1. The average Bonchev–Trinajstić information content (AvgIpc) is 3.28. The second-order valence-corrected chi connectivity index (χ2v) is 8.73. The summed E-state index contributed by atoms with van der Waals surface area (Å²) in [6.45, 7) is 2.14. The highest BCUT2D eigenvalue weighted by atomic mass is 16.6. The fraction of sp³-hybridized carbons (Fsp3) is 0.259. The van der Waals surface area contributed by atoms with Crippen molar-refractivity contribution in [2.45, 2.75) is 18.9 Å². The first-order chi connectivity index (χ1) is 16.5. The van der Waals surface area contributed by atoms with Crippen molar-refractivity contribution in [3.05, 3.63) is 72.8 Å². The minimum Gasteiger partial charge on any atom is -0.423 e. The minimum absolute atomic E-state index is 0.408. The Bertz CT molecular complexity index is 1260. The molecule has 1 fully saturated rings. The van der Waals surface area contributed by atoms with Gasteiger partial charge in [-0.15, -0.1) is 0 Å². The molecule has 174 valence electrons. The first-order valence-electron chi connectivity index (χ1n) is 11.5. The van der Waals surface area contributed by atoms with Crippen LogP contribution in [0.25, 0.3) is 22.2 Å². The number of hydrogen-bond donors (Lipinski definition) is 1. The normalized spacial score (nSPS) is 14.8. The van der Waals surface area contributed by atoms with Crippen LogP contribution in [0.5, 0.6) is 5.75 Å². The van der Waals surface area contributed by atoms with Crippen LogP contribution in [0.3, 0.4) is 0 Å². The van der Waals surface area contributed by atoms with E-state index in [2.05, 4.69) is 27.1 Å². The summed E-state index contributed by atoms with van der Waals surface area (Å²) in [4.78, 5) is 21.5. The molecule has 1 aliphatic rings. The predicted octanol–water partition coefficient (Wildman–Crippen LogP) is 5.64. The van der Waals surface area contributed by atoms with Crippen LogP contribution in [0.1, 0.15) is 12.8 Å². The third-order valence-electron chi connectivity index (χ3n) is 6.33. The smallest absolute Gasteiger partial charge is 0.417 e. The van der Waals surface area contributed by atoms with Gasteiger partial charge in [0.25, 0.3) is 6.01 Å². The molecule has 5 rings (SSSR count). The van der Waals surface area contributed by atoms with E-state index in [1.807, 2.05) is 55.6 Å². The number of fused-ring (bicyclic) bond motifs is 1. The monoisotopic (exact) mass is 456 g/mol. The molecule has 0 aliphatic carbocycles. The highest BCUT2D eigenvalue weighted by Gasteiger charge is 2.24. The second kappa shape index (κ2) is 9.57. The Labute approximate surface area is 198 Å². The highest BCUT2D eigenvalue weighted by molar-refractivity contribution is 5.89. The average molecular weight is 457 g/mol. The first-order valence-corrected chi connectivity index (χ1v) is 11.5. The summed E-state index contributed by atoms with van der Waals surface area (Å²) in [6.07, 6.45) is 1.60. The van der Waals surface area contributed by atoms with Gasteiger partial charge in [-0.1, -0.05) is 42.5 Å². The predicted molar refractivity (Wildman–Crippen MR) is 134 cm³/mol. The fourth-order valence-electron chi connectivity index (χ4n) is 4.28. The molecule has 1 aliphatic heterocycles. The van der Waals surface area contributed by atoms with Crippen LogP contribution < -0.4 is 15.0 Å². The molecule has 4 aromatic rings. The van der Waals surface area contributed by atoms with Crippen molar-refractivity contribution in [1.82, 2.24) is 9.88 Å². The molecule has 1 amide bonds. The van der Waals surface area contributed by atoms with E-state index in [-0.39, 0.29) is 0 Å². The van der Waals surface area contributed by atoms with Gasteiger partial charge in [-0.2, -0.15) is 4.98 Å². The number of hydrogen-bond acceptors (Lipinski definition) is 6. The van der Waals surface area contributed by atoms with Gasteiger partial charge in [0.2, 0.25) is 0 Å². The molecule has 0 atom stereocenters. The topological polar surface area (TPSA) is 70.8 Å². The number of nitrogens with one attached hydrogen (secondary N) is 1. The van der Waals surface area contributed by atoms with Crippen molar-refractivity contribution in [3.63, 3.8) is 0 Å². The molecule has 0 bridgehead atoms. The summed E-state index contributed by atoms with van der Waals surface area (Å²) >= 11 is 0. The summed E-state index contributed by atoms with van der Waals surface area (Å²) in [5.41, 5.74) is 4.15. The number of rotatable bonds is 5. The fourth-order valence-corrected chi connectivity index (χ4v) is 4.28. The molecule has 2 heterocycles. The Kier molecular flexibility index (Phi) is 6.18. The SMILES string of the molecule is CN1CCC(N(C)c2nc3cc(NC(=O)Oc4ccc(-c5ccccc5)cc4)ccc3o2)CC1. The molecule has 0 spiro atoms. The summed E-state index contributed by atoms with van der Waals surface area (Å²) in [6, 6.07) is 23.9. The number of aromatic nitrogens is 1. The molecular formula is C27H28N4O3. The van der Waals surface area contributed by atoms with Gasteiger partial charge in [-0.3, -0.25) is 5.32 Å². The van der Waals surface area contributed by atoms with Crippen molar-refractivity contribution in [2.75, 3.05) is 37.4 Å². The van der Waals surface area contributed by atoms with Crippen molar-refractivity contribution in [3.8, 4) is 16.9 Å². The maximum atomic E-state index is 12.4. The van der Waals surface area contributed by atoms with Crippen molar-refractivity contribution in [2.24, 2.45) is 0 Å². The number of nitrogens with zero attached hydrogens (tertiary/aromatic N) is 3. The minimum atomic E-state index is -0.557. The highest BCUT2D eigenvalue weighted by Crippen LogP contribution is 2.28. The Morgan fingerprint density at radius 2 is 1.74 bits per heavy atom. The zero-order valence-corrected chi connectivity index (χ0v) is 19.4. The maximum Gasteiger partial charge on any atom is 0.417 e. The van der Waals surface area contributed by atoms with Gasteiger partial charge in [0.1, 0.15) is 11.3 Å². The van der Waals surface area contributed by atoms with Gasteiger partial charge >= 0.3 is 6.09 Å². The largest absolute Gasteiger partial charge is 0.423 e. The zero-order valence-electron chi connectivity index (χ0n) is 19.4. The van der Waals surface area contributed by atoms with Gasteiger partial charge in [-0.25, -0.2) is 4.79 Å². The molecule has 1 saturated heterocycles. The third kappa shape index (κ3) is 4.89. The van der Waals surface area contributed by atoms with E-state index >= 15 is 0 Å². The number of benzene rings is 3. The number of oxazole rings is 1. The number of anilines is 2. The third-order valence-corrected chi connectivity index (χ3v) is 6.33. The Morgan fingerprint density at radius 3 is 2.47 bits per heavy atom. The van der Waals surface area contributed by atoms with Gasteiger partial charge in [0.15, 0.2) is 5.58 Å². The Balaban J connectivity index is 1.22. The molecule has 7 heteroatoms. The molecule has 7 nitrogen and oxygen atoms in total. The van der Waals surface area contributed by atoms with Gasteiger partial charge in [0.05, 0.1) is 0 Å². The molecule has 1 aromatic heterocycles. The molecule has 0 saturated carbocycles.